The van der Waals surface area contributed by atoms with E-state index < -0.39 is 0 Å². The predicted molar refractivity (Wildman–Crippen MR) is 71.7 cm³/mol. The highest BCUT2D eigenvalue weighted by molar-refractivity contribution is 9.10. The van der Waals surface area contributed by atoms with E-state index in [0.29, 0.717) is 5.56 Å². The Morgan fingerprint density at radius 1 is 1.44 bits per heavy atom. The van der Waals surface area contributed by atoms with Gasteiger partial charge in [0.05, 0.1) is 11.7 Å². The van der Waals surface area contributed by atoms with Gasteiger partial charge in [0, 0.05) is 22.0 Å². The van der Waals surface area contributed by atoms with Crippen molar-refractivity contribution in [1.29, 1.82) is 0 Å². The summed E-state index contributed by atoms with van der Waals surface area (Å²) in [5.41, 5.74) is 1.60. The summed E-state index contributed by atoms with van der Waals surface area (Å²) in [6, 6.07) is 3.79. The van der Waals surface area contributed by atoms with Gasteiger partial charge in [-0.15, -0.1) is 0 Å². The number of fused-ring (bicyclic) bond motifs is 1. The topological polar surface area (TPSA) is 44.1 Å². The van der Waals surface area contributed by atoms with E-state index in [0.717, 1.165) is 47.5 Å². The van der Waals surface area contributed by atoms with Crippen LogP contribution in [0.3, 0.4) is 0 Å². The van der Waals surface area contributed by atoms with Crippen molar-refractivity contribution in [3.8, 4) is 0 Å². The summed E-state index contributed by atoms with van der Waals surface area (Å²) >= 11 is 3.43. The first-order valence-electron chi connectivity index (χ1n) is 6.03. The minimum atomic E-state index is -0.00921. The molecule has 1 saturated heterocycles. The van der Waals surface area contributed by atoms with Crippen molar-refractivity contribution >= 4 is 33.1 Å². The summed E-state index contributed by atoms with van der Waals surface area (Å²) < 4.78 is 8.51. The van der Waals surface area contributed by atoms with Gasteiger partial charge < -0.3 is 4.74 Å². The van der Waals surface area contributed by atoms with Gasteiger partial charge in [-0.1, -0.05) is 15.9 Å². The Balaban J connectivity index is 2.12. The van der Waals surface area contributed by atoms with Crippen LogP contribution in [0.5, 0.6) is 0 Å². The number of rotatable bonds is 2. The van der Waals surface area contributed by atoms with E-state index in [1.807, 2.05) is 16.8 Å². The van der Waals surface area contributed by atoms with Crippen molar-refractivity contribution in [2.75, 3.05) is 6.61 Å². The Bertz CT molecular complexity index is 588. The maximum absolute atomic E-state index is 11.1. The summed E-state index contributed by atoms with van der Waals surface area (Å²) in [6.45, 7) is 0.778. The lowest BCUT2D eigenvalue weighted by Gasteiger charge is -2.23. The molecule has 1 aliphatic heterocycles. The van der Waals surface area contributed by atoms with Crippen LogP contribution in [-0.2, 0) is 4.74 Å². The van der Waals surface area contributed by atoms with E-state index in [1.165, 1.54) is 0 Å². The second-order valence-electron chi connectivity index (χ2n) is 4.46. The van der Waals surface area contributed by atoms with E-state index in [1.54, 1.807) is 6.20 Å². The first-order chi connectivity index (χ1) is 8.79. The van der Waals surface area contributed by atoms with Crippen LogP contribution in [0.4, 0.5) is 0 Å². The van der Waals surface area contributed by atoms with E-state index in [-0.39, 0.29) is 6.23 Å². The van der Waals surface area contributed by atoms with Crippen LogP contribution in [-0.4, -0.2) is 22.7 Å². The molecular weight excluding hydrogens is 296 g/mol. The molecule has 0 aliphatic carbocycles. The Kier molecular flexibility index (Phi) is 3.18. The predicted octanol–water partition coefficient (Wildman–Crippen LogP) is 3.31. The van der Waals surface area contributed by atoms with Gasteiger partial charge in [-0.2, -0.15) is 5.10 Å². The highest BCUT2D eigenvalue weighted by atomic mass is 79.9. The molecule has 3 rings (SSSR count). The van der Waals surface area contributed by atoms with Gasteiger partial charge in [0.15, 0.2) is 12.5 Å². The molecule has 0 radical (unpaired) electrons. The highest BCUT2D eigenvalue weighted by Gasteiger charge is 2.19. The third-order valence-electron chi connectivity index (χ3n) is 3.27. The number of hydrogen-bond donors (Lipinski definition) is 0. The number of carbonyl (C=O) groups excluding carboxylic acids is 1. The van der Waals surface area contributed by atoms with Gasteiger partial charge in [0.1, 0.15) is 0 Å². The average Bonchev–Trinajstić information content (AvgIpc) is 2.82. The number of benzene rings is 1. The Morgan fingerprint density at radius 2 is 2.33 bits per heavy atom. The van der Waals surface area contributed by atoms with Crippen LogP contribution in [0.25, 0.3) is 10.9 Å². The van der Waals surface area contributed by atoms with E-state index >= 15 is 0 Å². The summed E-state index contributed by atoms with van der Waals surface area (Å²) in [7, 11) is 0. The first kappa shape index (κ1) is 11.9. The third kappa shape index (κ3) is 1.97. The number of carbonyl (C=O) groups is 1. The number of aromatic nitrogens is 2. The largest absolute Gasteiger partial charge is 0.356 e. The Hall–Kier alpha value is -1.20. The van der Waals surface area contributed by atoms with Gasteiger partial charge in [-0.25, -0.2) is 4.68 Å². The number of hydrogen-bond acceptors (Lipinski definition) is 3. The van der Waals surface area contributed by atoms with Gasteiger partial charge in [0.25, 0.3) is 0 Å². The molecule has 1 aromatic heterocycles. The SMILES string of the molecule is O=Cc1cc(Br)cc2c1cnn2C1CCCCO1. The Morgan fingerprint density at radius 3 is 3.06 bits per heavy atom. The molecule has 94 valence electrons. The molecule has 0 N–H and O–H groups in total. The molecule has 0 bridgehead atoms. The van der Waals surface area contributed by atoms with E-state index in [4.69, 9.17) is 4.74 Å². The summed E-state index contributed by atoms with van der Waals surface area (Å²) in [5.74, 6) is 0. The molecule has 1 aliphatic rings. The molecule has 0 spiro atoms. The molecular formula is C13H13BrN2O2. The molecule has 0 amide bonds. The van der Waals surface area contributed by atoms with Crippen molar-refractivity contribution in [1.82, 2.24) is 9.78 Å². The third-order valence-corrected chi connectivity index (χ3v) is 3.73. The van der Waals surface area contributed by atoms with Crippen LogP contribution >= 0.6 is 15.9 Å². The quantitative estimate of drug-likeness (QED) is 0.799. The zero-order chi connectivity index (χ0) is 12.5. The maximum atomic E-state index is 11.1. The summed E-state index contributed by atoms with van der Waals surface area (Å²) in [4.78, 5) is 11.1. The lowest BCUT2D eigenvalue weighted by Crippen LogP contribution is -2.18. The summed E-state index contributed by atoms with van der Waals surface area (Å²) in [5, 5.41) is 5.26. The summed E-state index contributed by atoms with van der Waals surface area (Å²) in [6.07, 6.45) is 5.83. The molecule has 4 nitrogen and oxygen atoms in total. The molecule has 0 saturated carbocycles. The Labute approximate surface area is 113 Å². The van der Waals surface area contributed by atoms with Gasteiger partial charge in [0.2, 0.25) is 0 Å². The van der Waals surface area contributed by atoms with Crippen LogP contribution < -0.4 is 0 Å². The second-order valence-corrected chi connectivity index (χ2v) is 5.37. The van der Waals surface area contributed by atoms with Gasteiger partial charge in [-0.05, 0) is 31.4 Å². The molecule has 1 atom stereocenters. The fraction of sp³-hybridized carbons (Fsp3) is 0.385. The fourth-order valence-electron chi connectivity index (χ4n) is 2.38. The normalized spacial score (nSPS) is 20.2. The fourth-order valence-corrected chi connectivity index (χ4v) is 2.84. The molecule has 2 heterocycles. The standard InChI is InChI=1S/C13H13BrN2O2/c14-10-5-9(8-17)11-7-15-16(12(11)6-10)13-3-1-2-4-18-13/h5-8,13H,1-4H2. The number of ether oxygens (including phenoxy) is 1. The van der Waals surface area contributed by atoms with Crippen LogP contribution in [0.15, 0.2) is 22.8 Å². The van der Waals surface area contributed by atoms with Crippen molar-refractivity contribution in [3.63, 3.8) is 0 Å². The van der Waals surface area contributed by atoms with Crippen LogP contribution in [0.2, 0.25) is 0 Å². The first-order valence-corrected chi connectivity index (χ1v) is 6.82. The molecule has 5 heteroatoms. The minimum absolute atomic E-state index is 0.00921. The maximum Gasteiger partial charge on any atom is 0.150 e. The molecule has 1 unspecified atom stereocenters. The monoisotopic (exact) mass is 308 g/mol. The zero-order valence-electron chi connectivity index (χ0n) is 9.80. The number of halogens is 1. The smallest absolute Gasteiger partial charge is 0.150 e. The number of aldehydes is 1. The van der Waals surface area contributed by atoms with E-state index in [2.05, 4.69) is 21.0 Å². The highest BCUT2D eigenvalue weighted by Crippen LogP contribution is 2.29. The molecule has 18 heavy (non-hydrogen) atoms. The zero-order valence-corrected chi connectivity index (χ0v) is 11.4. The van der Waals surface area contributed by atoms with Crippen LogP contribution in [0, 0.1) is 0 Å². The minimum Gasteiger partial charge on any atom is -0.356 e. The lowest BCUT2D eigenvalue weighted by molar-refractivity contribution is -0.0366. The molecule has 2 aromatic rings. The lowest BCUT2D eigenvalue weighted by atomic mass is 10.1. The average molecular weight is 309 g/mol. The van der Waals surface area contributed by atoms with Crippen molar-refractivity contribution in [2.45, 2.75) is 25.5 Å². The molecule has 1 fully saturated rings. The van der Waals surface area contributed by atoms with Crippen molar-refractivity contribution in [3.05, 3.63) is 28.4 Å². The van der Waals surface area contributed by atoms with Crippen molar-refractivity contribution < 1.29 is 9.53 Å². The molecule has 1 aromatic carbocycles. The van der Waals surface area contributed by atoms with Crippen molar-refractivity contribution in [2.24, 2.45) is 0 Å². The van der Waals surface area contributed by atoms with E-state index in [9.17, 15) is 4.79 Å². The van der Waals surface area contributed by atoms with Gasteiger partial charge >= 0.3 is 0 Å². The van der Waals surface area contributed by atoms with Crippen LogP contribution in [0.1, 0.15) is 35.8 Å². The number of nitrogens with zero attached hydrogens (tertiary/aromatic N) is 2. The second kappa shape index (κ2) is 4.82. The van der Waals surface area contributed by atoms with Gasteiger partial charge in [-0.3, -0.25) is 4.79 Å².